The van der Waals surface area contributed by atoms with Gasteiger partial charge in [-0.1, -0.05) is 27.7 Å². The second-order valence-corrected chi connectivity index (χ2v) is 8.37. The van der Waals surface area contributed by atoms with Crippen LogP contribution in [-0.2, 0) is 0 Å². The maximum absolute atomic E-state index is 6.12. The molecule has 34 heavy (non-hydrogen) atoms. The van der Waals surface area contributed by atoms with Crippen molar-refractivity contribution in [2.45, 2.75) is 27.7 Å². The third-order valence-corrected chi connectivity index (χ3v) is 6.37. The van der Waals surface area contributed by atoms with E-state index in [1.165, 1.54) is 0 Å². The van der Waals surface area contributed by atoms with Crippen LogP contribution in [0.4, 0.5) is 0 Å². The molecule has 0 spiro atoms. The highest BCUT2D eigenvalue weighted by atomic mass is 16.5. The van der Waals surface area contributed by atoms with Gasteiger partial charge in [0.2, 0.25) is 0 Å². The van der Waals surface area contributed by atoms with E-state index >= 15 is 0 Å². The Kier molecular flexibility index (Phi) is 8.14. The molecule has 182 valence electrons. The third kappa shape index (κ3) is 5.75. The predicted molar refractivity (Wildman–Crippen MR) is 138 cm³/mol. The zero-order valence-electron chi connectivity index (χ0n) is 20.8. The highest BCUT2D eigenvalue weighted by Gasteiger charge is 2.13. The molecule has 0 saturated heterocycles. The lowest BCUT2D eigenvalue weighted by Crippen LogP contribution is -2.27. The van der Waals surface area contributed by atoms with Gasteiger partial charge >= 0.3 is 0 Å². The number of furan rings is 2. The van der Waals surface area contributed by atoms with Gasteiger partial charge in [-0.2, -0.15) is 0 Å². The first kappa shape index (κ1) is 24.2. The zero-order valence-corrected chi connectivity index (χ0v) is 20.8. The largest absolute Gasteiger partial charge is 0.492 e. The van der Waals surface area contributed by atoms with Crippen molar-refractivity contribution in [1.29, 1.82) is 0 Å². The fourth-order valence-electron chi connectivity index (χ4n) is 4.11. The number of nitrogens with zero attached hydrogens (tertiary/aromatic N) is 2. The van der Waals surface area contributed by atoms with Crippen molar-refractivity contribution in [3.05, 3.63) is 48.5 Å². The van der Waals surface area contributed by atoms with Gasteiger partial charge in [0.1, 0.15) is 35.9 Å². The standard InChI is InChI=1S/C28H36N2O4/c1-5-29(6-2)13-15-31-23-11-9-21-17-27(33-25(21)19-23)28-18-22-10-12-24(20-26(22)34-28)32-16-14-30(7-3)8-4/h9-12,17-20H,5-8,13-16H2,1-4H3. The summed E-state index contributed by atoms with van der Waals surface area (Å²) in [5, 5.41) is 2.04. The van der Waals surface area contributed by atoms with E-state index in [-0.39, 0.29) is 0 Å². The average molecular weight is 465 g/mol. The average Bonchev–Trinajstić information content (AvgIpc) is 3.48. The molecule has 0 amide bonds. The van der Waals surface area contributed by atoms with Crippen LogP contribution in [0.5, 0.6) is 11.5 Å². The number of ether oxygens (including phenoxy) is 2. The second-order valence-electron chi connectivity index (χ2n) is 8.37. The van der Waals surface area contributed by atoms with Gasteiger partial charge in [-0.25, -0.2) is 0 Å². The monoisotopic (exact) mass is 464 g/mol. The Bertz CT molecular complexity index is 1090. The second kappa shape index (κ2) is 11.4. The van der Waals surface area contributed by atoms with Gasteiger partial charge in [0.25, 0.3) is 0 Å². The van der Waals surface area contributed by atoms with Crippen molar-refractivity contribution in [2.75, 3.05) is 52.5 Å². The van der Waals surface area contributed by atoms with Gasteiger partial charge in [0.05, 0.1) is 0 Å². The van der Waals surface area contributed by atoms with Gasteiger partial charge in [-0.3, -0.25) is 0 Å². The summed E-state index contributed by atoms with van der Waals surface area (Å²) in [6.45, 7) is 15.9. The maximum Gasteiger partial charge on any atom is 0.170 e. The summed E-state index contributed by atoms with van der Waals surface area (Å²) >= 11 is 0. The molecule has 2 heterocycles. The molecule has 4 rings (SSSR count). The molecule has 0 atom stereocenters. The van der Waals surface area contributed by atoms with Crippen LogP contribution in [0.1, 0.15) is 27.7 Å². The lowest BCUT2D eigenvalue weighted by atomic mass is 10.2. The van der Waals surface area contributed by atoms with E-state index in [0.717, 1.165) is 72.7 Å². The summed E-state index contributed by atoms with van der Waals surface area (Å²) in [5.74, 6) is 3.04. The highest BCUT2D eigenvalue weighted by Crippen LogP contribution is 2.34. The van der Waals surface area contributed by atoms with Gasteiger partial charge < -0.3 is 28.1 Å². The first-order valence-corrected chi connectivity index (χ1v) is 12.4. The predicted octanol–water partition coefficient (Wildman–Crippen LogP) is 6.29. The summed E-state index contributed by atoms with van der Waals surface area (Å²) < 4.78 is 24.1. The molecule has 0 fully saturated rings. The molecule has 0 unspecified atom stereocenters. The number of rotatable bonds is 13. The molecule has 6 nitrogen and oxygen atoms in total. The zero-order chi connectivity index (χ0) is 23.9. The molecule has 2 aromatic carbocycles. The summed E-state index contributed by atoms with van der Waals surface area (Å²) in [7, 11) is 0. The van der Waals surface area contributed by atoms with Crippen LogP contribution in [-0.4, -0.2) is 62.3 Å². The van der Waals surface area contributed by atoms with Crippen LogP contribution in [0.25, 0.3) is 33.5 Å². The smallest absolute Gasteiger partial charge is 0.170 e. The molecular weight excluding hydrogens is 428 g/mol. The first-order chi connectivity index (χ1) is 16.6. The first-order valence-electron chi connectivity index (χ1n) is 12.4. The van der Waals surface area contributed by atoms with Crippen molar-refractivity contribution >= 4 is 21.9 Å². The van der Waals surface area contributed by atoms with E-state index in [4.69, 9.17) is 18.3 Å². The minimum atomic E-state index is 0.656. The van der Waals surface area contributed by atoms with Crippen LogP contribution >= 0.6 is 0 Å². The lowest BCUT2D eigenvalue weighted by Gasteiger charge is -2.17. The maximum atomic E-state index is 6.12. The molecule has 0 saturated carbocycles. The van der Waals surface area contributed by atoms with Crippen LogP contribution in [0.2, 0.25) is 0 Å². The Balaban J connectivity index is 1.44. The van der Waals surface area contributed by atoms with Crippen LogP contribution in [0.15, 0.2) is 57.4 Å². The van der Waals surface area contributed by atoms with Crippen LogP contribution in [0, 0.1) is 0 Å². The van der Waals surface area contributed by atoms with Crippen LogP contribution < -0.4 is 9.47 Å². The summed E-state index contributed by atoms with van der Waals surface area (Å²) in [4.78, 5) is 4.68. The third-order valence-electron chi connectivity index (χ3n) is 6.37. The Labute approximate surface area is 202 Å². The fourth-order valence-corrected chi connectivity index (χ4v) is 4.11. The topological polar surface area (TPSA) is 51.2 Å². The van der Waals surface area contributed by atoms with Gasteiger partial charge in [-0.15, -0.1) is 0 Å². The van der Waals surface area contributed by atoms with E-state index in [1.54, 1.807) is 0 Å². The van der Waals surface area contributed by atoms with Crippen molar-refractivity contribution in [3.8, 4) is 23.0 Å². The fraction of sp³-hybridized carbons (Fsp3) is 0.429. The molecule has 0 aliphatic carbocycles. The molecule has 2 aromatic heterocycles. The van der Waals surface area contributed by atoms with Gasteiger partial charge in [0.15, 0.2) is 11.5 Å². The Morgan fingerprint density at radius 1 is 0.588 bits per heavy atom. The molecule has 0 radical (unpaired) electrons. The van der Waals surface area contributed by atoms with E-state index < -0.39 is 0 Å². The summed E-state index contributed by atoms with van der Waals surface area (Å²) in [5.41, 5.74) is 1.58. The highest BCUT2D eigenvalue weighted by molar-refractivity contribution is 5.87. The molecule has 6 heteroatoms. The quantitative estimate of drug-likeness (QED) is 0.232. The normalized spacial score (nSPS) is 11.8. The molecule has 0 aliphatic rings. The SMILES string of the molecule is CCN(CC)CCOc1ccc2cc(-c3cc4ccc(OCCN(CC)CC)cc4o3)oc2c1. The Morgan fingerprint density at radius 2 is 1.00 bits per heavy atom. The lowest BCUT2D eigenvalue weighted by molar-refractivity contribution is 0.223. The summed E-state index contributed by atoms with van der Waals surface area (Å²) in [6, 6.07) is 16.0. The van der Waals surface area contributed by atoms with Crippen molar-refractivity contribution < 1.29 is 18.3 Å². The Morgan fingerprint density at radius 3 is 1.38 bits per heavy atom. The molecule has 0 bridgehead atoms. The molecular formula is C28H36N2O4. The number of likely N-dealkylation sites (N-methyl/N-ethyl adjacent to an activating group) is 2. The van der Waals surface area contributed by atoms with Gasteiger partial charge in [0, 0.05) is 36.0 Å². The number of benzene rings is 2. The van der Waals surface area contributed by atoms with E-state index in [0.29, 0.717) is 24.7 Å². The van der Waals surface area contributed by atoms with E-state index in [1.807, 2.05) is 48.5 Å². The molecule has 4 aromatic rings. The van der Waals surface area contributed by atoms with E-state index in [2.05, 4.69) is 37.5 Å². The summed E-state index contributed by atoms with van der Waals surface area (Å²) in [6.07, 6.45) is 0. The number of hydrogen-bond acceptors (Lipinski definition) is 6. The minimum absolute atomic E-state index is 0.656. The van der Waals surface area contributed by atoms with Crippen molar-refractivity contribution in [2.24, 2.45) is 0 Å². The van der Waals surface area contributed by atoms with Gasteiger partial charge in [-0.05, 0) is 62.6 Å². The van der Waals surface area contributed by atoms with Crippen molar-refractivity contribution in [1.82, 2.24) is 9.80 Å². The minimum Gasteiger partial charge on any atom is -0.492 e. The number of hydrogen-bond donors (Lipinski definition) is 0. The Hall–Kier alpha value is -2.96. The number of fused-ring (bicyclic) bond motifs is 2. The molecule has 0 aliphatic heterocycles. The van der Waals surface area contributed by atoms with E-state index in [9.17, 15) is 0 Å². The molecule has 0 N–H and O–H groups in total. The van der Waals surface area contributed by atoms with Crippen LogP contribution in [0.3, 0.4) is 0 Å². The van der Waals surface area contributed by atoms with Crippen molar-refractivity contribution in [3.63, 3.8) is 0 Å².